The van der Waals surface area contributed by atoms with Crippen molar-refractivity contribution >= 4 is 11.9 Å². The van der Waals surface area contributed by atoms with Gasteiger partial charge in [-0.3, -0.25) is 0 Å². The Morgan fingerprint density at radius 1 is 0.688 bits per heavy atom. The van der Waals surface area contributed by atoms with E-state index in [1.807, 2.05) is 0 Å². The molecule has 1 aliphatic carbocycles. The zero-order valence-electron chi connectivity index (χ0n) is 18.2. The Labute approximate surface area is 188 Å². The molecular weight excluding hydrogens is 428 g/mol. The number of rotatable bonds is 13. The van der Waals surface area contributed by atoms with Gasteiger partial charge in [-0.25, -0.2) is 9.59 Å². The van der Waals surface area contributed by atoms with Gasteiger partial charge in [-0.1, -0.05) is 32.9 Å². The van der Waals surface area contributed by atoms with Gasteiger partial charge in [0, 0.05) is 15.0 Å². The minimum atomic E-state index is -1.68. The SMILES string of the molecule is C=CC(=O)OC1C(O)C(OOC(=C)C)C(OOC(=C)C)C(OOC(=C)C)C1OC(=O)C=C.[HH].[HH]. The first-order valence-electron chi connectivity index (χ1n) is 9.32. The highest BCUT2D eigenvalue weighted by Crippen LogP contribution is 2.33. The van der Waals surface area contributed by atoms with Crippen LogP contribution >= 0.6 is 0 Å². The van der Waals surface area contributed by atoms with E-state index < -0.39 is 48.6 Å². The lowest BCUT2D eigenvalue weighted by atomic mass is 9.84. The summed E-state index contributed by atoms with van der Waals surface area (Å²) in [4.78, 5) is 54.8. The topological polar surface area (TPSA) is 128 Å². The number of ether oxygens (including phenoxy) is 2. The maximum absolute atomic E-state index is 12.0. The second kappa shape index (κ2) is 12.7. The largest absolute Gasteiger partial charge is 0.452 e. The Hall–Kier alpha value is -3.12. The zero-order chi connectivity index (χ0) is 24.4. The van der Waals surface area contributed by atoms with Gasteiger partial charge < -0.3 is 29.2 Å². The zero-order valence-corrected chi connectivity index (χ0v) is 18.2. The van der Waals surface area contributed by atoms with Gasteiger partial charge in [0.25, 0.3) is 0 Å². The van der Waals surface area contributed by atoms with Crippen LogP contribution in [0, 0.1) is 0 Å². The third-order valence-corrected chi connectivity index (χ3v) is 3.71. The Morgan fingerprint density at radius 3 is 1.41 bits per heavy atom. The molecule has 1 rings (SSSR count). The summed E-state index contributed by atoms with van der Waals surface area (Å²) in [5, 5.41) is 10.9. The summed E-state index contributed by atoms with van der Waals surface area (Å²) >= 11 is 0. The first kappa shape index (κ1) is 26.9. The molecule has 1 N–H and O–H groups in total. The van der Waals surface area contributed by atoms with E-state index in [-0.39, 0.29) is 20.1 Å². The summed E-state index contributed by atoms with van der Waals surface area (Å²) in [6.45, 7) is 21.7. The standard InChI is InChI=1S/C21H28O11.2H2/c1-9-14(22)25-17-16(24)18(30-27-11(3)4)20(31-28-12(5)6)21(32-29-13(7)8)19(17)26-15(23)10-2;;/h9-10,16-21,24H,1-3,5,7H2,4,6,8H3;2*1H. The fourth-order valence-electron chi connectivity index (χ4n) is 2.52. The molecule has 0 aromatic rings. The molecule has 1 fully saturated rings. The number of aliphatic hydroxyl groups is 1. The summed E-state index contributed by atoms with van der Waals surface area (Å²) in [7, 11) is 0. The second-order valence-corrected chi connectivity index (χ2v) is 6.74. The van der Waals surface area contributed by atoms with Crippen LogP contribution in [0.25, 0.3) is 0 Å². The number of aliphatic hydroxyl groups excluding tert-OH is 1. The van der Waals surface area contributed by atoms with E-state index in [1.54, 1.807) is 0 Å². The smallest absolute Gasteiger partial charge is 0.330 e. The maximum Gasteiger partial charge on any atom is 0.330 e. The summed E-state index contributed by atoms with van der Waals surface area (Å²) in [6, 6.07) is 0. The summed E-state index contributed by atoms with van der Waals surface area (Å²) in [6.07, 6.45) is -7.18. The van der Waals surface area contributed by atoms with Crippen LogP contribution in [0.1, 0.15) is 23.6 Å². The van der Waals surface area contributed by atoms with Crippen LogP contribution in [0.4, 0.5) is 0 Å². The molecule has 11 nitrogen and oxygen atoms in total. The van der Waals surface area contributed by atoms with Crippen LogP contribution in [-0.2, 0) is 48.4 Å². The molecule has 0 bridgehead atoms. The van der Waals surface area contributed by atoms with E-state index in [9.17, 15) is 14.7 Å². The molecule has 182 valence electrons. The quantitative estimate of drug-likeness (QED) is 0.143. The fraction of sp³-hybridized carbons (Fsp3) is 0.429. The minimum Gasteiger partial charge on any atom is -0.452 e. The molecule has 6 unspecified atom stereocenters. The predicted molar refractivity (Wildman–Crippen MR) is 113 cm³/mol. The van der Waals surface area contributed by atoms with Crippen molar-refractivity contribution in [3.05, 3.63) is 62.3 Å². The fourth-order valence-corrected chi connectivity index (χ4v) is 2.52. The number of carbonyl (C=O) groups is 2. The monoisotopic (exact) mass is 460 g/mol. The number of allylic oxidation sites excluding steroid dienone is 3. The van der Waals surface area contributed by atoms with Gasteiger partial charge in [0.05, 0.1) is 0 Å². The molecule has 0 aromatic heterocycles. The first-order chi connectivity index (χ1) is 15.0. The normalized spacial score (nSPS) is 26.8. The molecule has 0 aliphatic heterocycles. The Morgan fingerprint density at radius 2 is 1.03 bits per heavy atom. The van der Waals surface area contributed by atoms with Crippen molar-refractivity contribution in [1.29, 1.82) is 0 Å². The van der Waals surface area contributed by atoms with Crippen molar-refractivity contribution in [2.24, 2.45) is 0 Å². The maximum atomic E-state index is 12.0. The third-order valence-electron chi connectivity index (χ3n) is 3.71. The number of hydrogen-bond acceptors (Lipinski definition) is 11. The molecule has 6 atom stereocenters. The average Bonchev–Trinajstić information content (AvgIpc) is 2.72. The van der Waals surface area contributed by atoms with Gasteiger partial charge >= 0.3 is 11.9 Å². The van der Waals surface area contributed by atoms with Crippen LogP contribution in [0.2, 0.25) is 0 Å². The third kappa shape index (κ3) is 7.85. The summed E-state index contributed by atoms with van der Waals surface area (Å²) in [5.41, 5.74) is 0. The van der Waals surface area contributed by atoms with E-state index in [0.29, 0.717) is 0 Å². The Balaban J connectivity index is 0. The molecule has 32 heavy (non-hydrogen) atoms. The van der Waals surface area contributed by atoms with Gasteiger partial charge in [0.2, 0.25) is 0 Å². The van der Waals surface area contributed by atoms with E-state index in [0.717, 1.165) is 12.2 Å². The summed E-state index contributed by atoms with van der Waals surface area (Å²) < 4.78 is 10.5. The van der Waals surface area contributed by atoms with Crippen LogP contribution in [0.15, 0.2) is 62.3 Å². The molecule has 0 aromatic carbocycles. The van der Waals surface area contributed by atoms with Crippen molar-refractivity contribution in [1.82, 2.24) is 0 Å². The van der Waals surface area contributed by atoms with Crippen molar-refractivity contribution in [2.75, 3.05) is 0 Å². The first-order valence-corrected chi connectivity index (χ1v) is 9.32. The minimum absolute atomic E-state index is 0. The van der Waals surface area contributed by atoms with Gasteiger partial charge in [0.1, 0.15) is 23.4 Å². The van der Waals surface area contributed by atoms with Crippen molar-refractivity contribution < 1.29 is 56.3 Å². The highest BCUT2D eigenvalue weighted by molar-refractivity contribution is 5.82. The lowest BCUT2D eigenvalue weighted by molar-refractivity contribution is -0.438. The molecule has 1 saturated carbocycles. The molecule has 0 heterocycles. The lowest BCUT2D eigenvalue weighted by Gasteiger charge is -2.44. The van der Waals surface area contributed by atoms with Crippen LogP contribution in [0.5, 0.6) is 0 Å². The molecule has 11 heteroatoms. The average molecular weight is 460 g/mol. The van der Waals surface area contributed by atoms with Crippen molar-refractivity contribution in [3.8, 4) is 0 Å². The second-order valence-electron chi connectivity index (χ2n) is 6.74. The Kier molecular flexibility index (Phi) is 10.7. The molecular formula is C21H32O11. The van der Waals surface area contributed by atoms with E-state index in [4.69, 9.17) is 38.8 Å². The van der Waals surface area contributed by atoms with Crippen molar-refractivity contribution in [3.63, 3.8) is 0 Å². The van der Waals surface area contributed by atoms with Gasteiger partial charge in [-0.05, 0) is 20.8 Å². The van der Waals surface area contributed by atoms with Crippen LogP contribution in [-0.4, -0.2) is 53.7 Å². The molecule has 0 radical (unpaired) electrons. The van der Waals surface area contributed by atoms with Crippen molar-refractivity contribution in [2.45, 2.75) is 57.4 Å². The van der Waals surface area contributed by atoms with Crippen LogP contribution < -0.4 is 0 Å². The molecule has 0 saturated heterocycles. The van der Waals surface area contributed by atoms with Gasteiger partial charge in [-0.2, -0.15) is 14.7 Å². The highest BCUT2D eigenvalue weighted by Gasteiger charge is 2.59. The number of hydrogen-bond donors (Lipinski definition) is 1. The van der Waals surface area contributed by atoms with Gasteiger partial charge in [0.15, 0.2) is 30.5 Å². The molecule has 0 amide bonds. The lowest BCUT2D eigenvalue weighted by Crippen LogP contribution is -2.67. The Bertz CT molecular complexity index is 755. The van der Waals surface area contributed by atoms with E-state index >= 15 is 0 Å². The predicted octanol–water partition coefficient (Wildman–Crippen LogP) is 2.60. The van der Waals surface area contributed by atoms with E-state index in [1.165, 1.54) is 20.8 Å². The molecule has 1 aliphatic rings. The number of esters is 2. The number of carbonyl (C=O) groups excluding carboxylic acids is 2. The van der Waals surface area contributed by atoms with Gasteiger partial charge in [-0.15, -0.1) is 0 Å². The molecule has 0 spiro atoms. The highest BCUT2D eigenvalue weighted by atomic mass is 17.2. The van der Waals surface area contributed by atoms with Crippen LogP contribution in [0.3, 0.4) is 0 Å². The van der Waals surface area contributed by atoms with E-state index in [2.05, 4.69) is 32.9 Å². The summed E-state index contributed by atoms with van der Waals surface area (Å²) in [5.74, 6) is -1.45.